The van der Waals surface area contributed by atoms with Crippen molar-refractivity contribution in [2.24, 2.45) is 0 Å². The number of hydrogen-bond donors (Lipinski definition) is 0. The molecule has 0 amide bonds. The van der Waals surface area contributed by atoms with Crippen LogP contribution in [0.15, 0.2) is 0 Å². The summed E-state index contributed by atoms with van der Waals surface area (Å²) in [4.78, 5) is 0. The lowest BCUT2D eigenvalue weighted by Gasteiger charge is -2.17. The first kappa shape index (κ1) is 7.48. The van der Waals surface area contributed by atoms with Gasteiger partial charge in [0.1, 0.15) is 0 Å². The molecule has 1 aromatic rings. The van der Waals surface area contributed by atoms with Crippen LogP contribution >= 0.6 is 0 Å². The van der Waals surface area contributed by atoms with Crippen molar-refractivity contribution in [3.63, 3.8) is 0 Å². The minimum atomic E-state index is 0.814. The van der Waals surface area contributed by atoms with Crippen LogP contribution in [-0.4, -0.2) is 10.2 Å². The highest BCUT2D eigenvalue weighted by molar-refractivity contribution is 5.44. The van der Waals surface area contributed by atoms with Gasteiger partial charge in [-0.2, -0.15) is 10.2 Å². The normalized spacial score (nSPS) is 29.4. The van der Waals surface area contributed by atoms with Gasteiger partial charge in [0.15, 0.2) is 0 Å². The van der Waals surface area contributed by atoms with E-state index < -0.39 is 0 Å². The Morgan fingerprint density at radius 2 is 1.38 bits per heavy atom. The quantitative estimate of drug-likeness (QED) is 0.603. The van der Waals surface area contributed by atoms with Crippen LogP contribution in [0.2, 0.25) is 0 Å². The number of fused-ring (bicyclic) bond motifs is 5. The van der Waals surface area contributed by atoms with E-state index >= 15 is 0 Å². The molecule has 1 saturated carbocycles. The van der Waals surface area contributed by atoms with Crippen LogP contribution in [0.25, 0.3) is 0 Å². The molecule has 1 aromatic heterocycles. The second kappa shape index (κ2) is 2.31. The van der Waals surface area contributed by atoms with E-state index in [1.54, 1.807) is 11.1 Å². The van der Waals surface area contributed by atoms with E-state index in [0.717, 1.165) is 11.8 Å². The van der Waals surface area contributed by atoms with Crippen LogP contribution in [0.5, 0.6) is 0 Å². The van der Waals surface area contributed by atoms with E-state index in [1.807, 2.05) is 0 Å². The number of hydrogen-bond acceptors (Lipinski definition) is 2. The van der Waals surface area contributed by atoms with Gasteiger partial charge in [0.25, 0.3) is 0 Å². The molecule has 2 bridgehead atoms. The van der Waals surface area contributed by atoms with Crippen molar-refractivity contribution in [3.8, 4) is 0 Å². The lowest BCUT2D eigenvalue weighted by molar-refractivity contribution is 0.688. The highest BCUT2D eigenvalue weighted by atomic mass is 15.1. The molecule has 0 radical (unpaired) electrons. The van der Waals surface area contributed by atoms with Crippen LogP contribution < -0.4 is 0 Å². The molecule has 68 valence electrons. The van der Waals surface area contributed by atoms with E-state index in [2.05, 4.69) is 24.0 Å². The Balaban J connectivity index is 2.30. The Kier molecular flexibility index (Phi) is 1.33. The largest absolute Gasteiger partial charge is 0.155 e. The molecule has 1 heterocycles. The smallest absolute Gasteiger partial charge is 0.0638 e. The Hall–Kier alpha value is -0.920. The van der Waals surface area contributed by atoms with Crippen LogP contribution in [-0.2, 0) is 0 Å². The third kappa shape index (κ3) is 0.835. The van der Waals surface area contributed by atoms with Gasteiger partial charge in [-0.15, -0.1) is 0 Å². The van der Waals surface area contributed by atoms with E-state index in [4.69, 9.17) is 0 Å². The van der Waals surface area contributed by atoms with Crippen LogP contribution in [0.1, 0.15) is 53.6 Å². The summed E-state index contributed by atoms with van der Waals surface area (Å²) in [6, 6.07) is 0. The van der Waals surface area contributed by atoms with Crippen molar-refractivity contribution in [2.45, 2.75) is 44.9 Å². The lowest BCUT2D eigenvalue weighted by Crippen LogP contribution is -2.07. The second-order valence-electron chi connectivity index (χ2n) is 4.41. The van der Waals surface area contributed by atoms with Gasteiger partial charge in [-0.25, -0.2) is 0 Å². The van der Waals surface area contributed by atoms with Crippen molar-refractivity contribution in [1.29, 1.82) is 0 Å². The molecule has 3 rings (SSSR count). The van der Waals surface area contributed by atoms with Gasteiger partial charge >= 0.3 is 0 Å². The van der Waals surface area contributed by atoms with E-state index in [0.29, 0.717) is 0 Å². The molecule has 0 saturated heterocycles. The van der Waals surface area contributed by atoms with Crippen molar-refractivity contribution in [1.82, 2.24) is 10.2 Å². The van der Waals surface area contributed by atoms with Gasteiger partial charge in [-0.1, -0.05) is 0 Å². The molecule has 2 heteroatoms. The maximum Gasteiger partial charge on any atom is 0.0638 e. The molecule has 2 nitrogen and oxygen atoms in total. The monoisotopic (exact) mass is 174 g/mol. The lowest BCUT2D eigenvalue weighted by atomic mass is 9.90. The summed E-state index contributed by atoms with van der Waals surface area (Å²) >= 11 is 0. The summed E-state index contributed by atoms with van der Waals surface area (Å²) < 4.78 is 0. The number of nitrogens with zero attached hydrogens (tertiary/aromatic N) is 2. The highest BCUT2D eigenvalue weighted by Crippen LogP contribution is 2.54. The number of aryl methyl sites for hydroxylation is 2. The fraction of sp³-hybridized carbons (Fsp3) is 0.636. The van der Waals surface area contributed by atoms with Crippen LogP contribution in [0.4, 0.5) is 0 Å². The second-order valence-corrected chi connectivity index (χ2v) is 4.41. The zero-order valence-electron chi connectivity index (χ0n) is 8.17. The fourth-order valence-corrected chi connectivity index (χ4v) is 3.18. The van der Waals surface area contributed by atoms with Gasteiger partial charge in [-0.05, 0) is 56.1 Å². The van der Waals surface area contributed by atoms with E-state index in [-0.39, 0.29) is 0 Å². The molecule has 2 aliphatic rings. The topological polar surface area (TPSA) is 25.8 Å². The number of rotatable bonds is 0. The summed E-state index contributed by atoms with van der Waals surface area (Å²) in [5, 5.41) is 8.44. The molecule has 0 aliphatic heterocycles. The molecule has 2 aliphatic carbocycles. The van der Waals surface area contributed by atoms with Gasteiger partial charge in [-0.3, -0.25) is 0 Å². The van der Waals surface area contributed by atoms with Crippen molar-refractivity contribution in [3.05, 3.63) is 22.5 Å². The van der Waals surface area contributed by atoms with Gasteiger partial charge in [0.2, 0.25) is 0 Å². The summed E-state index contributed by atoms with van der Waals surface area (Å²) in [6.45, 7) is 4.21. The van der Waals surface area contributed by atoms with Crippen LogP contribution in [0.3, 0.4) is 0 Å². The predicted molar refractivity (Wildman–Crippen MR) is 50.8 cm³/mol. The molecule has 13 heavy (non-hydrogen) atoms. The third-order valence-corrected chi connectivity index (χ3v) is 3.67. The van der Waals surface area contributed by atoms with E-state index in [1.165, 1.54) is 30.7 Å². The molecule has 0 N–H and O–H groups in total. The Morgan fingerprint density at radius 3 is 1.85 bits per heavy atom. The van der Waals surface area contributed by atoms with Crippen molar-refractivity contribution in [2.75, 3.05) is 0 Å². The summed E-state index contributed by atoms with van der Waals surface area (Å²) in [6.07, 6.45) is 4.12. The minimum absolute atomic E-state index is 0.814. The molecule has 2 atom stereocenters. The minimum Gasteiger partial charge on any atom is -0.155 e. The summed E-state index contributed by atoms with van der Waals surface area (Å²) in [5.74, 6) is 1.63. The molecular formula is C11H14N2. The zero-order chi connectivity index (χ0) is 9.00. The maximum absolute atomic E-state index is 4.22. The maximum atomic E-state index is 4.22. The molecule has 0 spiro atoms. The van der Waals surface area contributed by atoms with Gasteiger partial charge in [0.05, 0.1) is 11.4 Å². The standard InChI is InChI=1S/C11H14N2/c1-6-10-8-3-4-9(5-8)11(10)7(2)13-12-6/h8-9H,3-5H2,1-2H3. The zero-order valence-corrected chi connectivity index (χ0v) is 8.17. The number of aromatic nitrogens is 2. The first-order chi connectivity index (χ1) is 6.27. The molecule has 1 fully saturated rings. The van der Waals surface area contributed by atoms with Gasteiger partial charge < -0.3 is 0 Å². The first-order valence-electron chi connectivity index (χ1n) is 5.11. The summed E-state index contributed by atoms with van der Waals surface area (Å²) in [7, 11) is 0. The fourth-order valence-electron chi connectivity index (χ4n) is 3.18. The molecule has 2 unspecified atom stereocenters. The summed E-state index contributed by atoms with van der Waals surface area (Å²) in [5.41, 5.74) is 5.44. The SMILES string of the molecule is Cc1nnc(C)c2c1C1CCC2C1. The molecule has 0 aromatic carbocycles. The average Bonchev–Trinajstić information content (AvgIpc) is 2.70. The van der Waals surface area contributed by atoms with Gasteiger partial charge in [0, 0.05) is 0 Å². The van der Waals surface area contributed by atoms with Crippen molar-refractivity contribution < 1.29 is 0 Å². The molecular weight excluding hydrogens is 160 g/mol. The third-order valence-electron chi connectivity index (χ3n) is 3.67. The van der Waals surface area contributed by atoms with Crippen LogP contribution in [0, 0.1) is 13.8 Å². The Bertz CT molecular complexity index is 336. The average molecular weight is 174 g/mol. The Morgan fingerprint density at radius 1 is 0.923 bits per heavy atom. The predicted octanol–water partition coefficient (Wildman–Crippen LogP) is 2.46. The highest BCUT2D eigenvalue weighted by Gasteiger charge is 2.39. The Labute approximate surface area is 78.4 Å². The van der Waals surface area contributed by atoms with E-state index in [9.17, 15) is 0 Å². The van der Waals surface area contributed by atoms with Crippen molar-refractivity contribution >= 4 is 0 Å². The first-order valence-corrected chi connectivity index (χ1v) is 5.11.